The van der Waals surface area contributed by atoms with Crippen molar-refractivity contribution in [2.24, 2.45) is 5.73 Å². The second-order valence-corrected chi connectivity index (χ2v) is 2.76. The Bertz CT molecular complexity index is 327. The maximum absolute atomic E-state index is 12.7. The summed E-state index contributed by atoms with van der Waals surface area (Å²) < 4.78 is 17.8. The van der Waals surface area contributed by atoms with Crippen molar-refractivity contribution in [3.05, 3.63) is 23.5 Å². The summed E-state index contributed by atoms with van der Waals surface area (Å²) in [6, 6.07) is 2.20. The topological polar surface area (TPSA) is 55.5 Å². The average Bonchev–Trinajstić information content (AvgIpc) is 2.35. The van der Waals surface area contributed by atoms with E-state index in [4.69, 9.17) is 15.6 Å². The Morgan fingerprint density at radius 1 is 1.58 bits per heavy atom. The van der Waals surface area contributed by atoms with Crippen molar-refractivity contribution in [2.75, 3.05) is 6.61 Å². The van der Waals surface area contributed by atoms with Gasteiger partial charge in [0.25, 0.3) is 0 Å². The second kappa shape index (κ2) is 2.35. The first-order valence-electron chi connectivity index (χ1n) is 3.59. The fourth-order valence-electron chi connectivity index (χ4n) is 1.24. The van der Waals surface area contributed by atoms with Gasteiger partial charge in [-0.15, -0.1) is 0 Å². The van der Waals surface area contributed by atoms with Gasteiger partial charge in [-0.3, -0.25) is 0 Å². The molecule has 4 heteroatoms. The van der Waals surface area contributed by atoms with E-state index in [2.05, 4.69) is 0 Å². The molecule has 1 unspecified atom stereocenters. The number of phenolic OH excluding ortho intramolecular Hbond substituents is 1. The van der Waals surface area contributed by atoms with Crippen LogP contribution in [-0.4, -0.2) is 11.7 Å². The molecule has 3 nitrogen and oxygen atoms in total. The summed E-state index contributed by atoms with van der Waals surface area (Å²) in [5.41, 5.74) is 6.27. The van der Waals surface area contributed by atoms with Crippen LogP contribution in [0.5, 0.6) is 11.5 Å². The molecule has 0 bridgehead atoms. The molecule has 0 spiro atoms. The Labute approximate surface area is 68.6 Å². The number of hydrogen-bond acceptors (Lipinski definition) is 3. The molecule has 64 valence electrons. The Morgan fingerprint density at radius 2 is 2.33 bits per heavy atom. The molecular formula is C8H8FNO2. The number of aromatic hydroxyl groups is 1. The third kappa shape index (κ3) is 0.921. The van der Waals surface area contributed by atoms with E-state index in [1.165, 1.54) is 6.07 Å². The normalized spacial score (nSPS) is 20.3. The third-order valence-electron chi connectivity index (χ3n) is 1.90. The van der Waals surface area contributed by atoms with Gasteiger partial charge in [0.05, 0.1) is 6.04 Å². The molecule has 1 aromatic carbocycles. The zero-order valence-electron chi connectivity index (χ0n) is 6.25. The zero-order chi connectivity index (χ0) is 8.72. The maximum Gasteiger partial charge on any atom is 0.168 e. The molecule has 0 aliphatic carbocycles. The number of fused-ring (bicyclic) bond motifs is 1. The van der Waals surface area contributed by atoms with E-state index >= 15 is 0 Å². The lowest BCUT2D eigenvalue weighted by atomic mass is 10.1. The highest BCUT2D eigenvalue weighted by molar-refractivity contribution is 5.44. The summed E-state index contributed by atoms with van der Waals surface area (Å²) in [6.45, 7) is 0.345. The SMILES string of the molecule is NC1COc2cc(F)c(O)cc21. The van der Waals surface area contributed by atoms with E-state index in [9.17, 15) is 4.39 Å². The molecule has 0 fully saturated rings. The highest BCUT2D eigenvalue weighted by Gasteiger charge is 2.22. The largest absolute Gasteiger partial charge is 0.505 e. The predicted molar refractivity (Wildman–Crippen MR) is 40.5 cm³/mol. The van der Waals surface area contributed by atoms with Crippen LogP contribution < -0.4 is 10.5 Å². The summed E-state index contributed by atoms with van der Waals surface area (Å²) in [4.78, 5) is 0. The molecule has 1 aromatic rings. The van der Waals surface area contributed by atoms with Gasteiger partial charge in [-0.25, -0.2) is 4.39 Å². The number of hydrogen-bond donors (Lipinski definition) is 2. The van der Waals surface area contributed by atoms with Gasteiger partial charge in [0.15, 0.2) is 11.6 Å². The van der Waals surface area contributed by atoms with Crippen molar-refractivity contribution < 1.29 is 14.2 Å². The van der Waals surface area contributed by atoms with Crippen LogP contribution in [-0.2, 0) is 0 Å². The highest BCUT2D eigenvalue weighted by atomic mass is 19.1. The van der Waals surface area contributed by atoms with Crippen LogP contribution in [0.1, 0.15) is 11.6 Å². The van der Waals surface area contributed by atoms with E-state index in [0.29, 0.717) is 17.9 Å². The molecule has 1 aliphatic heterocycles. The molecule has 1 heterocycles. The smallest absolute Gasteiger partial charge is 0.168 e. The van der Waals surface area contributed by atoms with E-state index in [-0.39, 0.29) is 11.8 Å². The first kappa shape index (κ1) is 7.36. The van der Waals surface area contributed by atoms with Crippen LogP contribution in [0.25, 0.3) is 0 Å². The Balaban J connectivity index is 2.56. The quantitative estimate of drug-likeness (QED) is 0.607. The first-order valence-corrected chi connectivity index (χ1v) is 3.59. The molecule has 3 N–H and O–H groups in total. The van der Waals surface area contributed by atoms with Crippen molar-refractivity contribution in [3.8, 4) is 11.5 Å². The van der Waals surface area contributed by atoms with Gasteiger partial charge in [0.1, 0.15) is 12.4 Å². The standard InChI is InChI=1S/C8H8FNO2/c9-5-2-8-4(1-7(5)11)6(10)3-12-8/h1-2,6,11H,3,10H2. The van der Waals surface area contributed by atoms with Gasteiger partial charge in [0.2, 0.25) is 0 Å². The number of rotatable bonds is 0. The molecule has 0 radical (unpaired) electrons. The lowest BCUT2D eigenvalue weighted by molar-refractivity contribution is 0.331. The summed E-state index contributed by atoms with van der Waals surface area (Å²) in [6.07, 6.45) is 0. The molecule has 0 saturated heterocycles. The molecule has 0 amide bonds. The molecule has 2 rings (SSSR count). The molecular weight excluding hydrogens is 161 g/mol. The van der Waals surface area contributed by atoms with Gasteiger partial charge < -0.3 is 15.6 Å². The summed E-state index contributed by atoms with van der Waals surface area (Å²) in [5, 5.41) is 9.02. The second-order valence-electron chi connectivity index (χ2n) is 2.76. The van der Waals surface area contributed by atoms with E-state index in [1.807, 2.05) is 0 Å². The van der Waals surface area contributed by atoms with Crippen LogP contribution in [0.3, 0.4) is 0 Å². The van der Waals surface area contributed by atoms with E-state index in [1.54, 1.807) is 0 Å². The molecule has 1 aliphatic rings. The molecule has 12 heavy (non-hydrogen) atoms. The van der Waals surface area contributed by atoms with Gasteiger partial charge in [-0.1, -0.05) is 0 Å². The van der Waals surface area contributed by atoms with Gasteiger partial charge in [-0.2, -0.15) is 0 Å². The maximum atomic E-state index is 12.7. The fourth-order valence-corrected chi connectivity index (χ4v) is 1.24. The fraction of sp³-hybridized carbons (Fsp3) is 0.250. The highest BCUT2D eigenvalue weighted by Crippen LogP contribution is 2.35. The minimum absolute atomic E-state index is 0.258. The van der Waals surface area contributed by atoms with Crippen LogP contribution in [0.2, 0.25) is 0 Å². The summed E-state index contributed by atoms with van der Waals surface area (Å²) in [5.74, 6) is -0.629. The average molecular weight is 169 g/mol. The number of benzene rings is 1. The van der Waals surface area contributed by atoms with Crippen LogP contribution >= 0.6 is 0 Å². The van der Waals surface area contributed by atoms with E-state index in [0.717, 1.165) is 6.07 Å². The number of nitrogens with two attached hydrogens (primary N) is 1. The summed E-state index contributed by atoms with van der Waals surface area (Å²) in [7, 11) is 0. The lowest BCUT2D eigenvalue weighted by Crippen LogP contribution is -2.10. The minimum Gasteiger partial charge on any atom is -0.505 e. The first-order chi connectivity index (χ1) is 5.68. The van der Waals surface area contributed by atoms with E-state index < -0.39 is 5.82 Å². The van der Waals surface area contributed by atoms with Crippen molar-refractivity contribution in [1.29, 1.82) is 0 Å². The third-order valence-corrected chi connectivity index (χ3v) is 1.90. The minimum atomic E-state index is -0.678. The van der Waals surface area contributed by atoms with Crippen LogP contribution in [0, 0.1) is 5.82 Å². The number of halogens is 1. The van der Waals surface area contributed by atoms with Gasteiger partial charge in [0, 0.05) is 11.6 Å². The monoisotopic (exact) mass is 169 g/mol. The van der Waals surface area contributed by atoms with Crippen LogP contribution in [0.15, 0.2) is 12.1 Å². The summed E-state index contributed by atoms with van der Waals surface area (Å²) >= 11 is 0. The van der Waals surface area contributed by atoms with Crippen LogP contribution in [0.4, 0.5) is 4.39 Å². The van der Waals surface area contributed by atoms with Crippen molar-refractivity contribution in [1.82, 2.24) is 0 Å². The van der Waals surface area contributed by atoms with Crippen molar-refractivity contribution in [2.45, 2.75) is 6.04 Å². The van der Waals surface area contributed by atoms with Crippen molar-refractivity contribution in [3.63, 3.8) is 0 Å². The Hall–Kier alpha value is -1.29. The zero-order valence-corrected chi connectivity index (χ0v) is 6.25. The Kier molecular flexibility index (Phi) is 1.44. The van der Waals surface area contributed by atoms with Gasteiger partial charge in [-0.05, 0) is 6.07 Å². The molecule has 1 atom stereocenters. The molecule has 0 aromatic heterocycles. The number of phenols is 1. The predicted octanol–water partition coefficient (Wildman–Crippen LogP) is 0.923. The molecule has 0 saturated carbocycles. The Morgan fingerprint density at radius 3 is 3.08 bits per heavy atom. The number of ether oxygens (including phenoxy) is 1. The van der Waals surface area contributed by atoms with Gasteiger partial charge >= 0.3 is 0 Å². The van der Waals surface area contributed by atoms with Crippen molar-refractivity contribution >= 4 is 0 Å². The lowest BCUT2D eigenvalue weighted by Gasteiger charge is -2.01.